The molecule has 220 valence electrons. The van der Waals surface area contributed by atoms with Gasteiger partial charge in [-0.25, -0.2) is 0 Å². The van der Waals surface area contributed by atoms with Crippen LogP contribution in [0.15, 0.2) is 35.9 Å². The van der Waals surface area contributed by atoms with Gasteiger partial charge in [-0.2, -0.15) is 0 Å². The summed E-state index contributed by atoms with van der Waals surface area (Å²) in [6.45, 7) is 19.4. The Morgan fingerprint density at radius 3 is 2.46 bits per heavy atom. The van der Waals surface area contributed by atoms with Crippen molar-refractivity contribution in [3.63, 3.8) is 0 Å². The fourth-order valence-corrected chi connectivity index (χ4v) is 5.11. The minimum absolute atomic E-state index is 0.0229. The number of ether oxygens (including phenoxy) is 3. The van der Waals surface area contributed by atoms with Gasteiger partial charge in [-0.1, -0.05) is 43.6 Å². The van der Waals surface area contributed by atoms with Crippen LogP contribution in [-0.4, -0.2) is 47.2 Å². The topological polar surface area (TPSA) is 85.2 Å². The summed E-state index contributed by atoms with van der Waals surface area (Å²) < 4.78 is 18.5. The SMILES string of the molecule is C=C(C)C1CCC(C)=CC1c1c(O)cc(CCCCC)cc1OCCOC(C)(C)COC(C)(C)CCC(=O)O. The van der Waals surface area contributed by atoms with E-state index in [-0.39, 0.29) is 18.3 Å². The van der Waals surface area contributed by atoms with Gasteiger partial charge in [0.2, 0.25) is 0 Å². The van der Waals surface area contributed by atoms with Crippen molar-refractivity contribution in [2.24, 2.45) is 5.92 Å². The molecule has 2 rings (SSSR count). The number of rotatable bonds is 17. The Labute approximate surface area is 236 Å². The number of phenols is 1. The Hall–Kier alpha value is -2.31. The first kappa shape index (κ1) is 32.9. The molecule has 0 saturated carbocycles. The number of carbonyl (C=O) groups is 1. The van der Waals surface area contributed by atoms with Crippen LogP contribution in [0.4, 0.5) is 0 Å². The number of aromatic hydroxyl groups is 1. The zero-order valence-electron chi connectivity index (χ0n) is 25.4. The van der Waals surface area contributed by atoms with Gasteiger partial charge in [-0.05, 0) is 97.3 Å². The highest BCUT2D eigenvalue weighted by atomic mass is 16.6. The molecule has 2 N–H and O–H groups in total. The average Bonchev–Trinajstić information content (AvgIpc) is 2.84. The summed E-state index contributed by atoms with van der Waals surface area (Å²) in [6, 6.07) is 4.01. The molecule has 1 aromatic carbocycles. The predicted octanol–water partition coefficient (Wildman–Crippen LogP) is 7.97. The number of aliphatic carboxylic acids is 1. The van der Waals surface area contributed by atoms with Gasteiger partial charge in [0.15, 0.2) is 0 Å². The molecule has 1 aliphatic rings. The monoisotopic (exact) mass is 544 g/mol. The first-order chi connectivity index (χ1) is 18.2. The lowest BCUT2D eigenvalue weighted by Gasteiger charge is -2.33. The zero-order valence-corrected chi connectivity index (χ0v) is 25.4. The van der Waals surface area contributed by atoms with Gasteiger partial charge < -0.3 is 24.4 Å². The maximum absolute atomic E-state index is 11.3. The van der Waals surface area contributed by atoms with Crippen molar-refractivity contribution >= 4 is 5.97 Å². The lowest BCUT2D eigenvalue weighted by molar-refractivity contribution is -0.142. The van der Waals surface area contributed by atoms with Crippen molar-refractivity contribution in [2.75, 3.05) is 19.8 Å². The molecule has 0 fully saturated rings. The smallest absolute Gasteiger partial charge is 0.303 e. The van der Waals surface area contributed by atoms with Crippen LogP contribution >= 0.6 is 0 Å². The van der Waals surface area contributed by atoms with Crippen LogP contribution in [0.3, 0.4) is 0 Å². The number of allylic oxidation sites excluding steroid dienone is 3. The third-order valence-corrected chi connectivity index (χ3v) is 7.55. The van der Waals surface area contributed by atoms with E-state index in [2.05, 4.69) is 39.5 Å². The quantitative estimate of drug-likeness (QED) is 0.153. The van der Waals surface area contributed by atoms with Gasteiger partial charge in [-0.3, -0.25) is 4.79 Å². The van der Waals surface area contributed by atoms with Gasteiger partial charge in [0, 0.05) is 17.9 Å². The molecule has 0 heterocycles. The predicted molar refractivity (Wildman–Crippen MR) is 158 cm³/mol. The van der Waals surface area contributed by atoms with Crippen LogP contribution in [0.25, 0.3) is 0 Å². The zero-order chi connectivity index (χ0) is 29.2. The van der Waals surface area contributed by atoms with Gasteiger partial charge in [0.05, 0.1) is 24.4 Å². The highest BCUT2D eigenvalue weighted by molar-refractivity contribution is 5.66. The lowest BCUT2D eigenvalue weighted by atomic mass is 9.73. The normalized spacial score (nSPS) is 18.1. The van der Waals surface area contributed by atoms with Crippen LogP contribution < -0.4 is 4.74 Å². The molecule has 0 aromatic heterocycles. The van der Waals surface area contributed by atoms with E-state index in [0.29, 0.717) is 32.0 Å². The summed E-state index contributed by atoms with van der Waals surface area (Å²) in [7, 11) is 0. The second-order valence-corrected chi connectivity index (χ2v) is 12.4. The Balaban J connectivity index is 2.14. The molecular weight excluding hydrogens is 492 g/mol. The Morgan fingerprint density at radius 2 is 1.82 bits per heavy atom. The summed E-state index contributed by atoms with van der Waals surface area (Å²) in [5.74, 6) is 0.461. The molecule has 2 atom stereocenters. The number of unbranched alkanes of at least 4 members (excludes halogenated alkanes) is 2. The van der Waals surface area contributed by atoms with Gasteiger partial charge >= 0.3 is 5.97 Å². The molecule has 1 aliphatic carbocycles. The fourth-order valence-electron chi connectivity index (χ4n) is 5.11. The maximum atomic E-state index is 11.3. The van der Waals surface area contributed by atoms with E-state index < -0.39 is 17.2 Å². The molecule has 1 aromatic rings. The number of aryl methyl sites for hydroxylation is 1. The number of hydrogen-bond acceptors (Lipinski definition) is 5. The van der Waals surface area contributed by atoms with E-state index in [1.165, 1.54) is 5.57 Å². The van der Waals surface area contributed by atoms with Crippen LogP contribution in [0.5, 0.6) is 11.5 Å². The van der Waals surface area contributed by atoms with Crippen LogP contribution in [0, 0.1) is 5.92 Å². The molecule has 0 saturated heterocycles. The second kappa shape index (κ2) is 14.9. The number of carboxylic acids is 1. The summed E-state index contributed by atoms with van der Waals surface area (Å²) in [5, 5.41) is 20.2. The Morgan fingerprint density at radius 1 is 1.10 bits per heavy atom. The van der Waals surface area contributed by atoms with Crippen LogP contribution in [0.2, 0.25) is 0 Å². The van der Waals surface area contributed by atoms with E-state index in [1.807, 2.05) is 33.8 Å². The fraction of sp³-hybridized carbons (Fsp3) is 0.667. The lowest BCUT2D eigenvalue weighted by Crippen LogP contribution is -2.37. The molecule has 0 aliphatic heterocycles. The Bertz CT molecular complexity index is 990. The van der Waals surface area contributed by atoms with E-state index in [4.69, 9.17) is 19.3 Å². The number of carboxylic acid groups (broad SMARTS) is 1. The van der Waals surface area contributed by atoms with Crippen LogP contribution in [0.1, 0.15) is 110 Å². The van der Waals surface area contributed by atoms with Gasteiger partial charge in [0.25, 0.3) is 0 Å². The summed E-state index contributed by atoms with van der Waals surface area (Å²) >= 11 is 0. The van der Waals surface area contributed by atoms with E-state index >= 15 is 0 Å². The van der Waals surface area contributed by atoms with E-state index in [9.17, 15) is 9.90 Å². The summed E-state index contributed by atoms with van der Waals surface area (Å²) in [4.78, 5) is 10.9. The molecule has 2 unspecified atom stereocenters. The summed E-state index contributed by atoms with van der Waals surface area (Å²) in [6.07, 6.45) is 9.10. The first-order valence-corrected chi connectivity index (χ1v) is 14.6. The average molecular weight is 545 g/mol. The van der Waals surface area contributed by atoms with Gasteiger partial charge in [0.1, 0.15) is 18.1 Å². The Kier molecular flexibility index (Phi) is 12.6. The van der Waals surface area contributed by atoms with Gasteiger partial charge in [-0.15, -0.1) is 0 Å². The third-order valence-electron chi connectivity index (χ3n) is 7.55. The third kappa shape index (κ3) is 11.0. The molecule has 0 radical (unpaired) electrons. The molecule has 0 bridgehead atoms. The molecule has 6 nitrogen and oxygen atoms in total. The molecular formula is C33H52O6. The first-order valence-electron chi connectivity index (χ1n) is 14.6. The minimum Gasteiger partial charge on any atom is -0.507 e. The molecule has 0 amide bonds. The molecule has 6 heteroatoms. The number of phenolic OH excluding ortho intramolecular Hbond substituents is 1. The molecule has 39 heavy (non-hydrogen) atoms. The van der Waals surface area contributed by atoms with E-state index in [0.717, 1.165) is 61.0 Å². The van der Waals surface area contributed by atoms with Crippen molar-refractivity contribution in [2.45, 2.75) is 117 Å². The standard InChI is InChI=1S/C33H52O6/c1-9-10-11-12-25-20-28(34)31(27-19-24(4)13-14-26(27)23(2)3)29(21-25)37-17-18-38-33(7,8)22-39-32(5,6)16-15-30(35)36/h19-21,26-27,34H,2,9-18,22H2,1,3-8H3,(H,35,36). The largest absolute Gasteiger partial charge is 0.507 e. The highest BCUT2D eigenvalue weighted by Gasteiger charge is 2.31. The maximum Gasteiger partial charge on any atom is 0.303 e. The van der Waals surface area contributed by atoms with Crippen molar-refractivity contribution < 1.29 is 29.2 Å². The molecule has 0 spiro atoms. The number of hydrogen-bond donors (Lipinski definition) is 2. The highest BCUT2D eigenvalue weighted by Crippen LogP contribution is 2.47. The van der Waals surface area contributed by atoms with Crippen molar-refractivity contribution in [3.8, 4) is 11.5 Å². The summed E-state index contributed by atoms with van der Waals surface area (Å²) in [5.41, 5.74) is 3.26. The van der Waals surface area contributed by atoms with E-state index in [1.54, 1.807) is 0 Å². The van der Waals surface area contributed by atoms with Crippen LogP contribution in [-0.2, 0) is 20.7 Å². The van der Waals surface area contributed by atoms with Crippen molar-refractivity contribution in [3.05, 3.63) is 47.1 Å². The van der Waals surface area contributed by atoms with Crippen molar-refractivity contribution in [1.29, 1.82) is 0 Å². The second-order valence-electron chi connectivity index (χ2n) is 12.4. The minimum atomic E-state index is -0.826. The number of benzene rings is 1. The van der Waals surface area contributed by atoms with Crippen molar-refractivity contribution in [1.82, 2.24) is 0 Å².